The van der Waals surface area contributed by atoms with Crippen molar-refractivity contribution in [2.24, 2.45) is 10.3 Å². The van der Waals surface area contributed by atoms with Gasteiger partial charge in [-0.2, -0.15) is 0 Å². The number of ketones is 1. The lowest BCUT2D eigenvalue weighted by Gasteiger charge is -2.26. The second-order valence-corrected chi connectivity index (χ2v) is 10.9. The molecule has 8 heteroatoms. The van der Waals surface area contributed by atoms with Crippen molar-refractivity contribution >= 4 is 46.2 Å². The highest BCUT2D eigenvalue weighted by Gasteiger charge is 2.16. The Balaban J connectivity index is 1.44. The minimum Gasteiger partial charge on any atom is -0.318 e. The average Bonchev–Trinajstić information content (AvgIpc) is 3.10. The molecule has 0 aliphatic rings. The molecule has 0 unspecified atom stereocenters. The first-order valence-corrected chi connectivity index (χ1v) is 14.9. The van der Waals surface area contributed by atoms with Crippen molar-refractivity contribution in [3.05, 3.63) is 161 Å². The van der Waals surface area contributed by atoms with Gasteiger partial charge in [0.05, 0.1) is 17.0 Å². The fourth-order valence-corrected chi connectivity index (χ4v) is 4.84. The van der Waals surface area contributed by atoms with Crippen LogP contribution >= 0.6 is 0 Å². The molecule has 0 radical (unpaired) electrons. The van der Waals surface area contributed by atoms with Crippen LogP contribution in [0.25, 0.3) is 0 Å². The first-order valence-electron chi connectivity index (χ1n) is 14.9. The summed E-state index contributed by atoms with van der Waals surface area (Å²) >= 11 is 0. The van der Waals surface area contributed by atoms with Crippen LogP contribution in [0.5, 0.6) is 0 Å². The molecule has 5 aromatic rings. The highest BCUT2D eigenvalue weighted by atomic mass is 16.7. The second kappa shape index (κ2) is 14.8. The molecule has 0 amide bonds. The van der Waals surface area contributed by atoms with Crippen molar-refractivity contribution in [1.29, 1.82) is 0 Å². The van der Waals surface area contributed by atoms with E-state index in [9.17, 15) is 14.4 Å². The van der Waals surface area contributed by atoms with E-state index in [4.69, 9.17) is 9.68 Å². The van der Waals surface area contributed by atoms with E-state index in [-0.39, 0.29) is 5.78 Å². The van der Waals surface area contributed by atoms with Crippen LogP contribution in [0.4, 0.5) is 17.1 Å². The Kier molecular flexibility index (Phi) is 10.1. The Labute approximate surface area is 273 Å². The molecule has 5 rings (SSSR count). The molecule has 0 N–H and O–H groups in total. The van der Waals surface area contributed by atoms with Gasteiger partial charge in [0.25, 0.3) is 0 Å². The van der Waals surface area contributed by atoms with Gasteiger partial charge in [-0.05, 0) is 98.6 Å². The highest BCUT2D eigenvalue weighted by Crippen LogP contribution is 2.35. The molecule has 0 aliphatic carbocycles. The van der Waals surface area contributed by atoms with Gasteiger partial charge in [-0.1, -0.05) is 76.5 Å². The number of carbonyl (C=O) groups is 3. The van der Waals surface area contributed by atoms with Gasteiger partial charge in [-0.25, -0.2) is 9.59 Å². The van der Waals surface area contributed by atoms with Crippen LogP contribution in [0.15, 0.2) is 138 Å². The lowest BCUT2D eigenvalue weighted by molar-refractivity contribution is -0.140. The van der Waals surface area contributed by atoms with Crippen LogP contribution in [-0.2, 0) is 14.5 Å². The maximum Gasteiger partial charge on any atom is 0.365 e. The number of hydrogen-bond acceptors (Lipinski definition) is 8. The molecule has 0 saturated heterocycles. The zero-order valence-electron chi connectivity index (χ0n) is 26.5. The number of carbonyl (C=O) groups excluding carboxylic acids is 3. The molecule has 234 valence electrons. The Hall–Kier alpha value is -6.15. The molecule has 0 aliphatic heterocycles. The van der Waals surface area contributed by atoms with E-state index < -0.39 is 11.9 Å². The van der Waals surface area contributed by atoms with Gasteiger partial charge in [0.15, 0.2) is 5.78 Å². The molecule has 0 fully saturated rings. The van der Waals surface area contributed by atoms with Gasteiger partial charge < -0.3 is 14.6 Å². The minimum absolute atomic E-state index is 0.0502. The van der Waals surface area contributed by atoms with Gasteiger partial charge in [0, 0.05) is 35.1 Å². The zero-order chi connectivity index (χ0) is 33.3. The average molecular weight is 624 g/mol. The number of hydrogen-bond donors (Lipinski definition) is 0. The fourth-order valence-electron chi connectivity index (χ4n) is 4.84. The summed E-state index contributed by atoms with van der Waals surface area (Å²) in [6.07, 6.45) is 0. The third-order valence-corrected chi connectivity index (χ3v) is 7.34. The summed E-state index contributed by atoms with van der Waals surface area (Å²) in [5.41, 5.74) is 7.86. The standard InChI is InChI=1S/C39H33N3O5/c1-26-9-8-12-34(25-26)38(44)32-17-23-37(24-18-32)42(35-19-13-30(14-20-35)27(2)40-46-29(4)43)36-21-15-31(16-22-36)28(3)41-47-39(45)33-10-6-5-7-11-33/h5-25H,1-4H3/b40-27?,41-28+. The first-order chi connectivity index (χ1) is 22.7. The van der Waals surface area contributed by atoms with Crippen LogP contribution < -0.4 is 4.90 Å². The van der Waals surface area contributed by atoms with E-state index >= 15 is 0 Å². The minimum atomic E-state index is -0.534. The second-order valence-electron chi connectivity index (χ2n) is 10.9. The van der Waals surface area contributed by atoms with Crippen LogP contribution in [0.2, 0.25) is 0 Å². The number of benzene rings is 5. The quantitative estimate of drug-likeness (QED) is 0.0669. The van der Waals surface area contributed by atoms with Gasteiger partial charge in [-0.3, -0.25) is 4.79 Å². The molecule has 5 aromatic carbocycles. The number of oxime groups is 2. The monoisotopic (exact) mass is 623 g/mol. The zero-order valence-corrected chi connectivity index (χ0v) is 26.5. The topological polar surface area (TPSA) is 97.6 Å². The van der Waals surface area contributed by atoms with E-state index in [1.54, 1.807) is 38.1 Å². The van der Waals surface area contributed by atoms with Crippen LogP contribution in [0, 0.1) is 6.92 Å². The van der Waals surface area contributed by atoms with Gasteiger partial charge in [0.2, 0.25) is 0 Å². The number of anilines is 3. The van der Waals surface area contributed by atoms with Gasteiger partial charge >= 0.3 is 11.9 Å². The molecule has 0 spiro atoms. The third kappa shape index (κ3) is 8.12. The van der Waals surface area contributed by atoms with Crippen molar-refractivity contribution < 1.29 is 24.1 Å². The molecule has 0 aromatic heterocycles. The maximum atomic E-state index is 13.2. The van der Waals surface area contributed by atoms with Crippen LogP contribution in [0.3, 0.4) is 0 Å². The Morgan fingerprint density at radius 2 is 0.979 bits per heavy atom. The Bertz CT molecular complexity index is 1950. The van der Waals surface area contributed by atoms with Gasteiger partial charge in [-0.15, -0.1) is 0 Å². The van der Waals surface area contributed by atoms with Crippen LogP contribution in [-0.4, -0.2) is 29.1 Å². The molecule has 0 heterocycles. The molecular formula is C39H33N3O5. The summed E-state index contributed by atoms with van der Waals surface area (Å²) in [4.78, 5) is 48.8. The van der Waals surface area contributed by atoms with E-state index in [0.29, 0.717) is 28.1 Å². The predicted molar refractivity (Wildman–Crippen MR) is 184 cm³/mol. The molecule has 8 nitrogen and oxygen atoms in total. The lowest BCUT2D eigenvalue weighted by atomic mass is 10.0. The highest BCUT2D eigenvalue weighted by molar-refractivity contribution is 6.09. The summed E-state index contributed by atoms with van der Waals surface area (Å²) in [6, 6.07) is 39.1. The first kappa shape index (κ1) is 32.2. The fraction of sp³-hybridized carbons (Fsp3) is 0.103. The Morgan fingerprint density at radius 1 is 0.511 bits per heavy atom. The van der Waals surface area contributed by atoms with Crippen molar-refractivity contribution in [3.63, 3.8) is 0 Å². The van der Waals surface area contributed by atoms with Crippen molar-refractivity contribution in [3.8, 4) is 0 Å². The smallest absolute Gasteiger partial charge is 0.318 e. The molecular weight excluding hydrogens is 590 g/mol. The number of nitrogens with zero attached hydrogens (tertiary/aromatic N) is 3. The van der Waals surface area contributed by atoms with Crippen molar-refractivity contribution in [1.82, 2.24) is 0 Å². The molecule has 47 heavy (non-hydrogen) atoms. The summed E-state index contributed by atoms with van der Waals surface area (Å²) < 4.78 is 0. The maximum absolute atomic E-state index is 13.2. The molecule has 0 bridgehead atoms. The van der Waals surface area contributed by atoms with E-state index in [0.717, 1.165) is 33.8 Å². The Morgan fingerprint density at radius 3 is 1.47 bits per heavy atom. The van der Waals surface area contributed by atoms with E-state index in [1.165, 1.54) is 6.92 Å². The summed E-state index contributed by atoms with van der Waals surface area (Å²) in [5, 5.41) is 7.94. The lowest BCUT2D eigenvalue weighted by Crippen LogP contribution is -2.11. The van der Waals surface area contributed by atoms with Crippen molar-refractivity contribution in [2.45, 2.75) is 27.7 Å². The van der Waals surface area contributed by atoms with E-state index in [2.05, 4.69) is 15.2 Å². The summed E-state index contributed by atoms with van der Waals surface area (Å²) in [7, 11) is 0. The molecule has 0 saturated carbocycles. The summed E-state index contributed by atoms with van der Waals surface area (Å²) in [6.45, 7) is 6.79. The van der Waals surface area contributed by atoms with E-state index in [1.807, 2.05) is 110 Å². The third-order valence-electron chi connectivity index (χ3n) is 7.34. The molecule has 0 atom stereocenters. The summed E-state index contributed by atoms with van der Waals surface area (Å²) in [5.74, 6) is -1.08. The van der Waals surface area contributed by atoms with Crippen LogP contribution in [0.1, 0.15) is 63.7 Å². The SMILES string of the molecule is CC(=O)ON=C(C)c1ccc(N(c2ccc(C(=O)c3cccc(C)c3)cc2)c2ccc(/C(C)=N/OC(=O)c3ccccc3)cc2)cc1. The normalized spacial score (nSPS) is 11.5. The van der Waals surface area contributed by atoms with Gasteiger partial charge in [0.1, 0.15) is 0 Å². The van der Waals surface area contributed by atoms with Crippen molar-refractivity contribution in [2.75, 3.05) is 4.90 Å². The number of aryl methyl sites for hydroxylation is 1. The largest absolute Gasteiger partial charge is 0.365 e. The predicted octanol–water partition coefficient (Wildman–Crippen LogP) is 8.56. The number of rotatable bonds is 10.